The summed E-state index contributed by atoms with van der Waals surface area (Å²) in [5.74, 6) is -0.652. The molecule has 0 atom stereocenters. The van der Waals surface area contributed by atoms with E-state index in [0.717, 1.165) is 21.4 Å². The molecular formula is C16H15BrN2O3S. The third-order valence-corrected chi connectivity index (χ3v) is 4.42. The van der Waals surface area contributed by atoms with Crippen LogP contribution >= 0.6 is 27.3 Å². The van der Waals surface area contributed by atoms with Crippen molar-refractivity contribution in [2.45, 2.75) is 13.3 Å². The normalized spacial score (nSPS) is 10.2. The fourth-order valence-corrected chi connectivity index (χ4v) is 2.93. The zero-order valence-corrected chi connectivity index (χ0v) is 14.9. The second-order valence-electron chi connectivity index (χ2n) is 4.67. The van der Waals surface area contributed by atoms with Crippen LogP contribution in [0, 0.1) is 6.92 Å². The molecule has 0 saturated heterocycles. The highest BCUT2D eigenvalue weighted by Crippen LogP contribution is 2.23. The van der Waals surface area contributed by atoms with Crippen molar-refractivity contribution in [2.75, 3.05) is 11.9 Å². The van der Waals surface area contributed by atoms with Gasteiger partial charge in [0, 0.05) is 4.47 Å². The average molecular weight is 395 g/mol. The number of rotatable bonds is 6. The van der Waals surface area contributed by atoms with Crippen molar-refractivity contribution in [3.8, 4) is 0 Å². The second-order valence-corrected chi connectivity index (χ2v) is 6.59. The smallest absolute Gasteiger partial charge is 0.350 e. The number of hydrogen-bond donors (Lipinski definition) is 1. The molecule has 0 radical (unpaired) electrons. The number of ether oxygens (including phenoxy) is 1. The molecule has 1 amide bonds. The van der Waals surface area contributed by atoms with E-state index in [1.807, 2.05) is 24.3 Å². The number of nitrogens with zero attached hydrogens (tertiary/aromatic N) is 1. The Morgan fingerprint density at radius 1 is 1.39 bits per heavy atom. The summed E-state index contributed by atoms with van der Waals surface area (Å²) in [5.41, 5.74) is 1.42. The van der Waals surface area contributed by atoms with Crippen molar-refractivity contribution in [1.29, 1.82) is 0 Å². The van der Waals surface area contributed by atoms with Gasteiger partial charge in [-0.1, -0.05) is 52.1 Å². The lowest BCUT2D eigenvalue weighted by molar-refractivity contribution is -0.115. The summed E-state index contributed by atoms with van der Waals surface area (Å²) in [6, 6.07) is 7.50. The molecule has 23 heavy (non-hydrogen) atoms. The van der Waals surface area contributed by atoms with Crippen LogP contribution in [0.25, 0.3) is 0 Å². The third kappa shape index (κ3) is 5.01. The maximum absolute atomic E-state index is 12.0. The molecule has 120 valence electrons. The molecule has 5 nitrogen and oxygen atoms in total. The summed E-state index contributed by atoms with van der Waals surface area (Å²) in [6.45, 7) is 5.33. The first-order valence-corrected chi connectivity index (χ1v) is 8.40. The van der Waals surface area contributed by atoms with Gasteiger partial charge in [0.05, 0.1) is 12.1 Å². The maximum Gasteiger partial charge on any atom is 0.350 e. The number of esters is 1. The van der Waals surface area contributed by atoms with E-state index in [0.29, 0.717) is 15.7 Å². The number of amides is 1. The van der Waals surface area contributed by atoms with Gasteiger partial charge in [-0.15, -0.1) is 0 Å². The second kappa shape index (κ2) is 8.03. The van der Waals surface area contributed by atoms with Gasteiger partial charge in [-0.3, -0.25) is 4.79 Å². The van der Waals surface area contributed by atoms with Crippen LogP contribution in [0.15, 0.2) is 41.4 Å². The van der Waals surface area contributed by atoms with Crippen LogP contribution in [0.1, 0.15) is 20.9 Å². The number of anilines is 1. The number of aryl methyl sites for hydroxylation is 1. The Morgan fingerprint density at radius 3 is 2.74 bits per heavy atom. The van der Waals surface area contributed by atoms with E-state index < -0.39 is 5.97 Å². The van der Waals surface area contributed by atoms with Crippen LogP contribution in [-0.4, -0.2) is 23.5 Å². The first kappa shape index (κ1) is 17.4. The van der Waals surface area contributed by atoms with Crippen LogP contribution < -0.4 is 5.32 Å². The molecule has 0 spiro atoms. The minimum absolute atomic E-state index is 0.140. The van der Waals surface area contributed by atoms with E-state index in [9.17, 15) is 9.59 Å². The predicted molar refractivity (Wildman–Crippen MR) is 93.8 cm³/mol. The Bertz CT molecular complexity index is 725. The van der Waals surface area contributed by atoms with Crippen LogP contribution in [-0.2, 0) is 16.0 Å². The Labute approximate surface area is 146 Å². The van der Waals surface area contributed by atoms with E-state index in [2.05, 4.69) is 32.8 Å². The topological polar surface area (TPSA) is 68.3 Å². The van der Waals surface area contributed by atoms with E-state index in [-0.39, 0.29) is 18.9 Å². The van der Waals surface area contributed by atoms with Crippen LogP contribution in [0.3, 0.4) is 0 Å². The molecule has 2 aromatic rings. The predicted octanol–water partition coefficient (Wildman–Crippen LogP) is 3.74. The molecule has 1 heterocycles. The van der Waals surface area contributed by atoms with Crippen molar-refractivity contribution in [3.05, 3.63) is 57.5 Å². The summed E-state index contributed by atoms with van der Waals surface area (Å²) >= 11 is 4.45. The molecule has 1 aromatic heterocycles. The van der Waals surface area contributed by atoms with Crippen molar-refractivity contribution >= 4 is 44.3 Å². The molecule has 7 heteroatoms. The molecule has 0 saturated carbocycles. The number of nitrogens with one attached hydrogen (secondary N) is 1. The number of aromatic nitrogens is 1. The average Bonchev–Trinajstić information content (AvgIpc) is 2.87. The number of halogens is 1. The van der Waals surface area contributed by atoms with Gasteiger partial charge < -0.3 is 10.1 Å². The Hall–Kier alpha value is -1.99. The van der Waals surface area contributed by atoms with Gasteiger partial charge in [0.1, 0.15) is 11.5 Å². The summed E-state index contributed by atoms with van der Waals surface area (Å²) in [5, 5.41) is 3.09. The van der Waals surface area contributed by atoms with Gasteiger partial charge in [-0.25, -0.2) is 9.78 Å². The van der Waals surface area contributed by atoms with Crippen molar-refractivity contribution in [3.63, 3.8) is 0 Å². The van der Waals surface area contributed by atoms with Gasteiger partial charge in [0.15, 0.2) is 5.13 Å². The standard InChI is InChI=1S/C16H15BrN2O3S/c1-3-8-22-15(21)14-10(2)18-16(23-14)19-13(20)9-11-4-6-12(17)7-5-11/h3-7H,1,8-9H2,2H3,(H,18,19,20). The molecule has 0 aliphatic rings. The van der Waals surface area contributed by atoms with Crippen LogP contribution in [0.4, 0.5) is 5.13 Å². The summed E-state index contributed by atoms with van der Waals surface area (Å²) in [6.07, 6.45) is 1.73. The highest BCUT2D eigenvalue weighted by Gasteiger charge is 2.17. The highest BCUT2D eigenvalue weighted by atomic mass is 79.9. The van der Waals surface area contributed by atoms with Crippen LogP contribution in [0.5, 0.6) is 0 Å². The first-order chi connectivity index (χ1) is 11.0. The zero-order valence-electron chi connectivity index (χ0n) is 12.5. The molecular weight excluding hydrogens is 380 g/mol. The van der Waals surface area contributed by atoms with E-state index in [4.69, 9.17) is 4.74 Å². The van der Waals surface area contributed by atoms with E-state index in [1.165, 1.54) is 6.08 Å². The van der Waals surface area contributed by atoms with Gasteiger partial charge in [0.2, 0.25) is 5.91 Å². The third-order valence-electron chi connectivity index (χ3n) is 2.84. The molecule has 0 unspecified atom stereocenters. The zero-order chi connectivity index (χ0) is 16.8. The lowest BCUT2D eigenvalue weighted by Crippen LogP contribution is -2.14. The fraction of sp³-hybridized carbons (Fsp3) is 0.188. The molecule has 0 aliphatic carbocycles. The van der Waals surface area contributed by atoms with Gasteiger partial charge in [-0.2, -0.15) is 0 Å². The number of carbonyl (C=O) groups excluding carboxylic acids is 2. The monoisotopic (exact) mass is 394 g/mol. The molecule has 0 bridgehead atoms. The largest absolute Gasteiger partial charge is 0.457 e. The molecule has 0 aliphatic heterocycles. The Morgan fingerprint density at radius 2 is 2.09 bits per heavy atom. The quantitative estimate of drug-likeness (QED) is 0.598. The molecule has 2 rings (SSSR count). The number of benzene rings is 1. The first-order valence-electron chi connectivity index (χ1n) is 6.79. The number of carbonyl (C=O) groups is 2. The van der Waals surface area contributed by atoms with Crippen molar-refractivity contribution in [2.24, 2.45) is 0 Å². The SMILES string of the molecule is C=CCOC(=O)c1sc(NC(=O)Cc2ccc(Br)cc2)nc1C. The highest BCUT2D eigenvalue weighted by molar-refractivity contribution is 9.10. The van der Waals surface area contributed by atoms with Crippen molar-refractivity contribution < 1.29 is 14.3 Å². The van der Waals surface area contributed by atoms with Gasteiger partial charge >= 0.3 is 5.97 Å². The lowest BCUT2D eigenvalue weighted by atomic mass is 10.1. The minimum Gasteiger partial charge on any atom is -0.457 e. The van der Waals surface area contributed by atoms with Crippen molar-refractivity contribution in [1.82, 2.24) is 4.98 Å². The summed E-state index contributed by atoms with van der Waals surface area (Å²) in [7, 11) is 0. The maximum atomic E-state index is 12.0. The van der Waals surface area contributed by atoms with Gasteiger partial charge in [0.25, 0.3) is 0 Å². The summed E-state index contributed by atoms with van der Waals surface area (Å²) in [4.78, 5) is 28.4. The fourth-order valence-electron chi connectivity index (χ4n) is 1.79. The minimum atomic E-state index is -0.465. The summed E-state index contributed by atoms with van der Waals surface area (Å²) < 4.78 is 5.94. The van der Waals surface area contributed by atoms with E-state index in [1.54, 1.807) is 6.92 Å². The Balaban J connectivity index is 1.99. The number of thiazole rings is 1. The van der Waals surface area contributed by atoms with Gasteiger partial charge in [-0.05, 0) is 24.6 Å². The number of hydrogen-bond acceptors (Lipinski definition) is 5. The molecule has 0 fully saturated rings. The van der Waals surface area contributed by atoms with Crippen LogP contribution in [0.2, 0.25) is 0 Å². The lowest BCUT2D eigenvalue weighted by Gasteiger charge is -2.02. The molecule has 1 aromatic carbocycles. The van der Waals surface area contributed by atoms with E-state index >= 15 is 0 Å². The Kier molecular flexibility index (Phi) is 6.06. The molecule has 1 N–H and O–H groups in total.